The third-order valence-electron chi connectivity index (χ3n) is 4.65. The van der Waals surface area contributed by atoms with Crippen molar-refractivity contribution >= 4 is 5.91 Å². The van der Waals surface area contributed by atoms with E-state index < -0.39 is 5.60 Å². The molecule has 0 unspecified atom stereocenters. The van der Waals surface area contributed by atoms with Gasteiger partial charge in [0, 0.05) is 6.07 Å². The Hall–Kier alpha value is -3.31. The molecule has 0 saturated heterocycles. The van der Waals surface area contributed by atoms with Crippen molar-refractivity contribution in [3.63, 3.8) is 0 Å². The Morgan fingerprint density at radius 3 is 2.28 bits per heavy atom. The van der Waals surface area contributed by atoms with Crippen molar-refractivity contribution < 1.29 is 19.4 Å². The van der Waals surface area contributed by atoms with E-state index in [9.17, 15) is 9.90 Å². The van der Waals surface area contributed by atoms with E-state index in [1.54, 1.807) is 38.3 Å². The monoisotopic (exact) mass is 391 g/mol. The zero-order valence-corrected chi connectivity index (χ0v) is 16.6. The summed E-state index contributed by atoms with van der Waals surface area (Å²) in [5.74, 6) is 0.890. The number of benzene rings is 3. The summed E-state index contributed by atoms with van der Waals surface area (Å²) in [5.41, 5.74) is 1.72. The van der Waals surface area contributed by atoms with Crippen molar-refractivity contribution in [2.45, 2.75) is 12.5 Å². The molecule has 2 N–H and O–H groups in total. The number of aliphatic hydroxyl groups is 1. The minimum Gasteiger partial charge on any atom is -0.497 e. The second-order valence-corrected chi connectivity index (χ2v) is 6.96. The molecule has 5 nitrogen and oxygen atoms in total. The summed E-state index contributed by atoms with van der Waals surface area (Å²) in [5, 5.41) is 13.5. The van der Waals surface area contributed by atoms with Gasteiger partial charge < -0.3 is 19.9 Å². The minimum atomic E-state index is -1.19. The van der Waals surface area contributed by atoms with Crippen LogP contribution in [-0.2, 0) is 10.4 Å². The maximum Gasteiger partial charge on any atom is 0.258 e. The van der Waals surface area contributed by atoms with E-state index in [0.29, 0.717) is 11.5 Å². The maximum atomic E-state index is 12.1. The number of hydrogen-bond donors (Lipinski definition) is 2. The lowest BCUT2D eigenvalue weighted by Crippen LogP contribution is -2.40. The van der Waals surface area contributed by atoms with E-state index in [2.05, 4.69) is 5.32 Å². The molecule has 0 aliphatic rings. The predicted octanol–water partition coefficient (Wildman–Crippen LogP) is 3.76. The molecule has 0 aromatic heterocycles. The van der Waals surface area contributed by atoms with E-state index in [0.717, 1.165) is 16.7 Å². The lowest BCUT2D eigenvalue weighted by molar-refractivity contribution is -0.124. The highest BCUT2D eigenvalue weighted by Gasteiger charge is 2.24. The second-order valence-electron chi connectivity index (χ2n) is 6.96. The highest BCUT2D eigenvalue weighted by Crippen LogP contribution is 2.25. The van der Waals surface area contributed by atoms with Crippen molar-refractivity contribution in [1.82, 2.24) is 5.32 Å². The van der Waals surface area contributed by atoms with Crippen LogP contribution in [-0.4, -0.2) is 31.3 Å². The van der Waals surface area contributed by atoms with E-state index in [1.165, 1.54) is 0 Å². The van der Waals surface area contributed by atoms with Crippen LogP contribution in [0.15, 0.2) is 78.9 Å². The standard InChI is InChI=1S/C24H25NO4/c1-24(27,20-13-11-19(12-14-20)18-7-4-3-5-8-18)17-25-23(26)16-29-22-10-6-9-21(15-22)28-2/h3-15,27H,16-17H2,1-2H3,(H,25,26)/t24-/m1/s1. The van der Waals surface area contributed by atoms with Gasteiger partial charge in [0.2, 0.25) is 0 Å². The number of rotatable bonds is 8. The molecule has 0 heterocycles. The van der Waals surface area contributed by atoms with E-state index >= 15 is 0 Å². The first-order valence-electron chi connectivity index (χ1n) is 9.40. The van der Waals surface area contributed by atoms with Crippen LogP contribution in [0.1, 0.15) is 12.5 Å². The average molecular weight is 391 g/mol. The fourth-order valence-corrected chi connectivity index (χ4v) is 2.92. The maximum absolute atomic E-state index is 12.1. The number of amides is 1. The molecule has 0 fully saturated rings. The van der Waals surface area contributed by atoms with Gasteiger partial charge in [-0.25, -0.2) is 0 Å². The van der Waals surface area contributed by atoms with Gasteiger partial charge in [-0.05, 0) is 35.7 Å². The average Bonchev–Trinajstić information content (AvgIpc) is 2.77. The van der Waals surface area contributed by atoms with Crippen molar-refractivity contribution in [2.75, 3.05) is 20.3 Å². The normalized spacial score (nSPS) is 12.7. The zero-order chi connectivity index (χ0) is 20.7. The lowest BCUT2D eigenvalue weighted by Gasteiger charge is -2.24. The minimum absolute atomic E-state index is 0.0813. The van der Waals surface area contributed by atoms with Crippen molar-refractivity contribution in [2.24, 2.45) is 0 Å². The Morgan fingerprint density at radius 1 is 0.931 bits per heavy atom. The van der Waals surface area contributed by atoms with Gasteiger partial charge in [0.1, 0.15) is 17.1 Å². The van der Waals surface area contributed by atoms with E-state index in [1.807, 2.05) is 54.6 Å². The number of methoxy groups -OCH3 is 1. The molecule has 0 saturated carbocycles. The molecular weight excluding hydrogens is 366 g/mol. The highest BCUT2D eigenvalue weighted by atomic mass is 16.5. The molecule has 0 radical (unpaired) electrons. The molecule has 1 atom stereocenters. The third kappa shape index (κ3) is 5.59. The zero-order valence-electron chi connectivity index (χ0n) is 16.6. The molecule has 3 aromatic carbocycles. The van der Waals surface area contributed by atoms with Gasteiger partial charge in [-0.1, -0.05) is 60.7 Å². The van der Waals surface area contributed by atoms with E-state index in [4.69, 9.17) is 9.47 Å². The van der Waals surface area contributed by atoms with Gasteiger partial charge in [0.05, 0.1) is 13.7 Å². The first-order chi connectivity index (χ1) is 14.0. The van der Waals surface area contributed by atoms with Crippen molar-refractivity contribution in [1.29, 1.82) is 0 Å². The molecule has 3 rings (SSSR count). The Bertz CT molecular complexity index is 937. The highest BCUT2D eigenvalue weighted by molar-refractivity contribution is 5.77. The summed E-state index contributed by atoms with van der Waals surface area (Å²) >= 11 is 0. The quantitative estimate of drug-likeness (QED) is 0.613. The largest absolute Gasteiger partial charge is 0.497 e. The molecule has 0 aliphatic carbocycles. The van der Waals surface area contributed by atoms with Crippen LogP contribution in [0.3, 0.4) is 0 Å². The summed E-state index contributed by atoms with van der Waals surface area (Å²) < 4.78 is 10.6. The summed E-state index contributed by atoms with van der Waals surface area (Å²) in [6.45, 7) is 1.61. The SMILES string of the molecule is COc1cccc(OCC(=O)NC[C@@](C)(O)c2ccc(-c3ccccc3)cc2)c1. The van der Waals surface area contributed by atoms with Crippen molar-refractivity contribution in [3.8, 4) is 22.6 Å². The Morgan fingerprint density at radius 2 is 1.59 bits per heavy atom. The fraction of sp³-hybridized carbons (Fsp3) is 0.208. The van der Waals surface area contributed by atoms with Gasteiger partial charge in [-0.2, -0.15) is 0 Å². The molecular formula is C24H25NO4. The number of nitrogens with one attached hydrogen (secondary N) is 1. The molecule has 1 amide bonds. The smallest absolute Gasteiger partial charge is 0.258 e. The van der Waals surface area contributed by atoms with Gasteiger partial charge in [0.15, 0.2) is 6.61 Å². The van der Waals surface area contributed by atoms with Crippen LogP contribution in [0.5, 0.6) is 11.5 Å². The number of hydrogen-bond acceptors (Lipinski definition) is 4. The topological polar surface area (TPSA) is 67.8 Å². The Balaban J connectivity index is 1.54. The summed E-state index contributed by atoms with van der Waals surface area (Å²) in [6, 6.07) is 24.8. The van der Waals surface area contributed by atoms with Gasteiger partial charge in [-0.15, -0.1) is 0 Å². The number of ether oxygens (including phenoxy) is 2. The summed E-state index contributed by atoms with van der Waals surface area (Å²) in [7, 11) is 1.57. The van der Waals surface area contributed by atoms with Gasteiger partial charge >= 0.3 is 0 Å². The molecule has 3 aromatic rings. The number of carbonyl (C=O) groups excluding carboxylic acids is 1. The summed E-state index contributed by atoms with van der Waals surface area (Å²) in [6.07, 6.45) is 0. The van der Waals surface area contributed by atoms with Gasteiger partial charge in [-0.3, -0.25) is 4.79 Å². The number of carbonyl (C=O) groups is 1. The van der Waals surface area contributed by atoms with Gasteiger partial charge in [0.25, 0.3) is 5.91 Å². The first-order valence-corrected chi connectivity index (χ1v) is 9.40. The third-order valence-corrected chi connectivity index (χ3v) is 4.65. The molecule has 0 spiro atoms. The van der Waals surface area contributed by atoms with Crippen LogP contribution in [0.2, 0.25) is 0 Å². The summed E-state index contributed by atoms with van der Waals surface area (Å²) in [4.78, 5) is 12.1. The lowest BCUT2D eigenvalue weighted by atomic mass is 9.93. The Labute approximate surface area is 170 Å². The van der Waals surface area contributed by atoms with Crippen LogP contribution in [0.4, 0.5) is 0 Å². The molecule has 5 heteroatoms. The second kappa shape index (κ2) is 9.26. The fourth-order valence-electron chi connectivity index (χ4n) is 2.92. The van der Waals surface area contributed by atoms with E-state index in [-0.39, 0.29) is 19.1 Å². The first kappa shape index (κ1) is 20.4. The van der Waals surface area contributed by atoms with Crippen molar-refractivity contribution in [3.05, 3.63) is 84.4 Å². The van der Waals surface area contributed by atoms with Crippen LogP contribution in [0, 0.1) is 0 Å². The molecule has 0 bridgehead atoms. The van der Waals surface area contributed by atoms with Crippen LogP contribution in [0.25, 0.3) is 11.1 Å². The molecule has 0 aliphatic heterocycles. The predicted molar refractivity (Wildman–Crippen MR) is 113 cm³/mol. The van der Waals surface area contributed by atoms with Crippen LogP contribution < -0.4 is 14.8 Å². The molecule has 150 valence electrons. The Kier molecular flexibility index (Phi) is 6.52. The van der Waals surface area contributed by atoms with Crippen LogP contribution >= 0.6 is 0 Å². The molecule has 29 heavy (non-hydrogen) atoms.